The Morgan fingerprint density at radius 3 is 2.29 bits per heavy atom. The standard InChI is InChI=1S/C15H26N4O2/c1-4-11(19-9-7-16-8-10-19)12-17-13(20)15(5-2,6-3)14(21)18-12/h11,16H,4-10H2,1-3H3,(H,17,18,20,21). The number of hydrogen-bond acceptors (Lipinski definition) is 4. The highest BCUT2D eigenvalue weighted by atomic mass is 16.2. The van der Waals surface area contributed by atoms with Gasteiger partial charge in [-0.05, 0) is 19.3 Å². The zero-order chi connectivity index (χ0) is 15.5. The van der Waals surface area contributed by atoms with Crippen LogP contribution in [0.1, 0.15) is 40.0 Å². The number of nitrogens with one attached hydrogen (secondary N) is 2. The van der Waals surface area contributed by atoms with E-state index in [9.17, 15) is 9.59 Å². The number of rotatable bonds is 5. The summed E-state index contributed by atoms with van der Waals surface area (Å²) in [5, 5.41) is 6.23. The molecule has 0 spiro atoms. The van der Waals surface area contributed by atoms with Crippen molar-refractivity contribution in [3.63, 3.8) is 0 Å². The Labute approximate surface area is 126 Å². The Morgan fingerprint density at radius 1 is 1.19 bits per heavy atom. The first kappa shape index (κ1) is 16.1. The summed E-state index contributed by atoms with van der Waals surface area (Å²) in [6.07, 6.45) is 1.82. The van der Waals surface area contributed by atoms with Gasteiger partial charge in [0.25, 0.3) is 5.91 Å². The molecule has 6 heteroatoms. The van der Waals surface area contributed by atoms with Crippen molar-refractivity contribution >= 4 is 17.6 Å². The Bertz CT molecular complexity index is 437. The van der Waals surface area contributed by atoms with Crippen LogP contribution in [-0.4, -0.2) is 54.8 Å². The highest BCUT2D eigenvalue weighted by molar-refractivity contribution is 6.19. The van der Waals surface area contributed by atoms with Crippen LogP contribution < -0.4 is 10.6 Å². The quantitative estimate of drug-likeness (QED) is 0.726. The summed E-state index contributed by atoms with van der Waals surface area (Å²) in [6.45, 7) is 9.49. The first-order valence-corrected chi connectivity index (χ1v) is 7.98. The van der Waals surface area contributed by atoms with Gasteiger partial charge in [-0.15, -0.1) is 0 Å². The fourth-order valence-corrected chi connectivity index (χ4v) is 3.23. The molecule has 2 rings (SSSR count). The van der Waals surface area contributed by atoms with Crippen LogP contribution in [0.15, 0.2) is 4.99 Å². The Hall–Kier alpha value is -1.27. The molecule has 0 radical (unpaired) electrons. The van der Waals surface area contributed by atoms with Crippen molar-refractivity contribution < 1.29 is 9.59 Å². The smallest absolute Gasteiger partial charge is 0.263 e. The van der Waals surface area contributed by atoms with Crippen molar-refractivity contribution in [1.29, 1.82) is 0 Å². The van der Waals surface area contributed by atoms with E-state index in [0.717, 1.165) is 32.6 Å². The summed E-state index contributed by atoms with van der Waals surface area (Å²) >= 11 is 0. The van der Waals surface area contributed by atoms with Gasteiger partial charge in [0.1, 0.15) is 11.3 Å². The van der Waals surface area contributed by atoms with Crippen molar-refractivity contribution in [3.8, 4) is 0 Å². The van der Waals surface area contributed by atoms with E-state index < -0.39 is 5.41 Å². The highest BCUT2D eigenvalue weighted by Gasteiger charge is 2.47. The molecule has 2 amide bonds. The van der Waals surface area contributed by atoms with Crippen molar-refractivity contribution in [2.45, 2.75) is 46.1 Å². The van der Waals surface area contributed by atoms with Gasteiger partial charge >= 0.3 is 0 Å². The number of hydrogen-bond donors (Lipinski definition) is 2. The summed E-state index contributed by atoms with van der Waals surface area (Å²) in [5.41, 5.74) is -0.967. The van der Waals surface area contributed by atoms with E-state index in [1.807, 2.05) is 13.8 Å². The lowest BCUT2D eigenvalue weighted by Crippen LogP contribution is -2.59. The van der Waals surface area contributed by atoms with Gasteiger partial charge < -0.3 is 10.6 Å². The van der Waals surface area contributed by atoms with Gasteiger partial charge in [-0.1, -0.05) is 20.8 Å². The van der Waals surface area contributed by atoms with Crippen molar-refractivity contribution in [1.82, 2.24) is 15.5 Å². The summed E-state index contributed by atoms with van der Waals surface area (Å²) in [5.74, 6) is 0.0721. The summed E-state index contributed by atoms with van der Waals surface area (Å²) in [4.78, 5) is 31.4. The van der Waals surface area contributed by atoms with E-state index >= 15 is 0 Å². The van der Waals surface area contributed by atoms with Gasteiger partial charge in [0, 0.05) is 26.2 Å². The molecular weight excluding hydrogens is 268 g/mol. The van der Waals surface area contributed by atoms with Gasteiger partial charge in [0.2, 0.25) is 5.91 Å². The van der Waals surface area contributed by atoms with Crippen LogP contribution in [0.4, 0.5) is 0 Å². The average molecular weight is 294 g/mol. The lowest BCUT2D eigenvalue weighted by Gasteiger charge is -2.38. The molecule has 0 bridgehead atoms. The van der Waals surface area contributed by atoms with E-state index in [1.165, 1.54) is 0 Å². The van der Waals surface area contributed by atoms with Gasteiger partial charge in [-0.2, -0.15) is 4.99 Å². The molecule has 6 nitrogen and oxygen atoms in total. The van der Waals surface area contributed by atoms with Gasteiger partial charge in [-0.25, -0.2) is 0 Å². The fourth-order valence-electron chi connectivity index (χ4n) is 3.23. The number of nitrogens with zero attached hydrogens (tertiary/aromatic N) is 2. The van der Waals surface area contributed by atoms with Crippen LogP contribution in [-0.2, 0) is 9.59 Å². The number of aliphatic imine (C=N–C) groups is 1. The predicted molar refractivity (Wildman–Crippen MR) is 82.1 cm³/mol. The van der Waals surface area contributed by atoms with Crippen LogP contribution in [0.3, 0.4) is 0 Å². The van der Waals surface area contributed by atoms with Gasteiger partial charge in [0.15, 0.2) is 0 Å². The molecule has 1 atom stereocenters. The van der Waals surface area contributed by atoms with E-state index in [0.29, 0.717) is 18.7 Å². The molecule has 0 aliphatic carbocycles. The van der Waals surface area contributed by atoms with E-state index in [4.69, 9.17) is 0 Å². The van der Waals surface area contributed by atoms with E-state index in [1.54, 1.807) is 0 Å². The molecule has 2 heterocycles. The highest BCUT2D eigenvalue weighted by Crippen LogP contribution is 2.31. The molecule has 0 aromatic rings. The zero-order valence-corrected chi connectivity index (χ0v) is 13.2. The number of amidine groups is 1. The number of amides is 2. The number of carbonyl (C=O) groups is 2. The fraction of sp³-hybridized carbons (Fsp3) is 0.800. The van der Waals surface area contributed by atoms with Crippen molar-refractivity contribution in [3.05, 3.63) is 0 Å². The second kappa shape index (κ2) is 6.66. The maximum absolute atomic E-state index is 12.5. The van der Waals surface area contributed by atoms with E-state index in [-0.39, 0.29) is 17.9 Å². The van der Waals surface area contributed by atoms with Crippen LogP contribution in [0.5, 0.6) is 0 Å². The molecule has 0 aromatic carbocycles. The Morgan fingerprint density at radius 2 is 1.81 bits per heavy atom. The molecule has 2 aliphatic heterocycles. The van der Waals surface area contributed by atoms with Crippen LogP contribution >= 0.6 is 0 Å². The summed E-state index contributed by atoms with van der Waals surface area (Å²) in [6, 6.07) is 0.0201. The molecule has 2 N–H and O–H groups in total. The molecule has 1 unspecified atom stereocenters. The van der Waals surface area contributed by atoms with Crippen molar-refractivity contribution in [2.75, 3.05) is 26.2 Å². The summed E-state index contributed by atoms with van der Waals surface area (Å²) < 4.78 is 0. The molecule has 0 saturated carbocycles. The molecule has 21 heavy (non-hydrogen) atoms. The SMILES string of the molecule is CCC(C1=NC(=O)C(CC)(CC)C(=O)N1)N1CCNCC1. The largest absolute Gasteiger partial charge is 0.314 e. The zero-order valence-electron chi connectivity index (χ0n) is 13.2. The minimum atomic E-state index is -0.967. The lowest BCUT2D eigenvalue weighted by molar-refractivity contribution is -0.142. The second-order valence-corrected chi connectivity index (χ2v) is 5.76. The first-order chi connectivity index (χ1) is 10.1. The number of piperazine rings is 1. The second-order valence-electron chi connectivity index (χ2n) is 5.76. The van der Waals surface area contributed by atoms with Gasteiger partial charge in [-0.3, -0.25) is 14.5 Å². The molecule has 1 fully saturated rings. The Balaban J connectivity index is 2.23. The third kappa shape index (κ3) is 2.87. The monoisotopic (exact) mass is 294 g/mol. The minimum absolute atomic E-state index is 0.0201. The van der Waals surface area contributed by atoms with E-state index in [2.05, 4.69) is 27.4 Å². The van der Waals surface area contributed by atoms with Gasteiger partial charge in [0.05, 0.1) is 6.04 Å². The lowest BCUT2D eigenvalue weighted by atomic mass is 9.79. The first-order valence-electron chi connectivity index (χ1n) is 7.98. The molecule has 1 saturated heterocycles. The third-order valence-electron chi connectivity index (χ3n) is 4.81. The topological polar surface area (TPSA) is 73.8 Å². The molecule has 0 aromatic heterocycles. The average Bonchev–Trinajstić information content (AvgIpc) is 2.50. The Kier molecular flexibility index (Phi) is 5.11. The molecular formula is C15H26N4O2. The van der Waals surface area contributed by atoms with Crippen LogP contribution in [0.25, 0.3) is 0 Å². The third-order valence-corrected chi connectivity index (χ3v) is 4.81. The predicted octanol–water partition coefficient (Wildman–Crippen LogP) is 0.532. The van der Waals surface area contributed by atoms with Crippen LogP contribution in [0, 0.1) is 5.41 Å². The molecule has 118 valence electrons. The normalized spacial score (nSPS) is 24.4. The van der Waals surface area contributed by atoms with Crippen LogP contribution in [0.2, 0.25) is 0 Å². The minimum Gasteiger partial charge on any atom is -0.314 e. The maximum Gasteiger partial charge on any atom is 0.263 e. The maximum atomic E-state index is 12.5. The molecule has 2 aliphatic rings. The van der Waals surface area contributed by atoms with Crippen molar-refractivity contribution in [2.24, 2.45) is 10.4 Å². The summed E-state index contributed by atoms with van der Waals surface area (Å²) in [7, 11) is 0. The number of carbonyl (C=O) groups excluding carboxylic acids is 2.